The molecule has 5 nitrogen and oxygen atoms in total. The van der Waals surface area contributed by atoms with Gasteiger partial charge in [0.1, 0.15) is 12.4 Å². The number of methoxy groups -OCH3 is 1. The molecule has 0 atom stereocenters. The van der Waals surface area contributed by atoms with E-state index >= 15 is 0 Å². The molecule has 0 unspecified atom stereocenters. The van der Waals surface area contributed by atoms with Crippen LogP contribution < -0.4 is 10.5 Å². The minimum Gasteiger partial charge on any atom is -0.494 e. The van der Waals surface area contributed by atoms with Crippen molar-refractivity contribution in [1.29, 1.82) is 0 Å². The molecular weight excluding hydrogens is 261 g/mol. The minimum absolute atomic E-state index is 0.158. The highest BCUT2D eigenvalue weighted by molar-refractivity contribution is 5.64. The predicted octanol–water partition coefficient (Wildman–Crippen LogP) is 2.41. The van der Waals surface area contributed by atoms with Gasteiger partial charge < -0.3 is 15.2 Å². The second-order valence-corrected chi connectivity index (χ2v) is 4.05. The highest BCUT2D eigenvalue weighted by atomic mass is 19.1. The largest absolute Gasteiger partial charge is 0.494 e. The monoisotopic (exact) mass is 277 g/mol. The topological polar surface area (TPSA) is 70.3 Å². The molecule has 6 heteroatoms. The number of aromatic nitrogens is 2. The molecule has 2 rings (SSSR count). The summed E-state index contributed by atoms with van der Waals surface area (Å²) in [5.41, 5.74) is 6.45. The molecule has 1 heterocycles. The van der Waals surface area contributed by atoms with Gasteiger partial charge in [-0.2, -0.15) is 0 Å². The summed E-state index contributed by atoms with van der Waals surface area (Å²) < 4.78 is 24.4. The van der Waals surface area contributed by atoms with Crippen molar-refractivity contribution in [3.8, 4) is 17.0 Å². The fraction of sp³-hybridized carbons (Fsp3) is 0.286. The molecule has 20 heavy (non-hydrogen) atoms. The lowest BCUT2D eigenvalue weighted by Crippen LogP contribution is -2.04. The molecule has 2 aromatic rings. The number of ether oxygens (including phenoxy) is 2. The van der Waals surface area contributed by atoms with E-state index in [1.807, 2.05) is 6.92 Å². The van der Waals surface area contributed by atoms with Crippen LogP contribution in [0, 0.1) is 5.82 Å². The summed E-state index contributed by atoms with van der Waals surface area (Å²) in [5.74, 6) is 0.373. The first-order valence-corrected chi connectivity index (χ1v) is 6.19. The van der Waals surface area contributed by atoms with Crippen LogP contribution in [0.1, 0.15) is 12.7 Å². The molecule has 0 saturated carbocycles. The van der Waals surface area contributed by atoms with E-state index in [1.54, 1.807) is 18.2 Å². The van der Waals surface area contributed by atoms with Crippen molar-refractivity contribution in [2.24, 2.45) is 0 Å². The summed E-state index contributed by atoms with van der Waals surface area (Å²) in [4.78, 5) is 8.32. The van der Waals surface area contributed by atoms with Gasteiger partial charge in [-0.3, -0.25) is 0 Å². The fourth-order valence-electron chi connectivity index (χ4n) is 1.78. The number of benzene rings is 1. The van der Waals surface area contributed by atoms with Crippen molar-refractivity contribution in [2.75, 3.05) is 19.5 Å². The Labute approximate surface area is 116 Å². The second-order valence-electron chi connectivity index (χ2n) is 4.05. The number of hydrogen-bond donors (Lipinski definition) is 1. The Hall–Kier alpha value is -2.21. The molecule has 2 N–H and O–H groups in total. The van der Waals surface area contributed by atoms with Crippen LogP contribution in [0.5, 0.6) is 5.75 Å². The maximum absolute atomic E-state index is 14.2. The minimum atomic E-state index is -0.476. The van der Waals surface area contributed by atoms with E-state index in [-0.39, 0.29) is 18.2 Å². The summed E-state index contributed by atoms with van der Waals surface area (Å²) in [5, 5.41) is 0. The lowest BCUT2D eigenvalue weighted by Gasteiger charge is -2.09. The highest BCUT2D eigenvalue weighted by Gasteiger charge is 2.13. The van der Waals surface area contributed by atoms with Crippen molar-refractivity contribution in [3.63, 3.8) is 0 Å². The predicted molar refractivity (Wildman–Crippen MR) is 73.7 cm³/mol. The van der Waals surface area contributed by atoms with Crippen LogP contribution in [0.2, 0.25) is 0 Å². The lowest BCUT2D eigenvalue weighted by atomic mass is 10.1. The number of anilines is 1. The Morgan fingerprint density at radius 1 is 1.30 bits per heavy atom. The summed E-state index contributed by atoms with van der Waals surface area (Å²) in [6.07, 6.45) is 0. The third-order valence-corrected chi connectivity index (χ3v) is 2.69. The van der Waals surface area contributed by atoms with Crippen molar-refractivity contribution < 1.29 is 13.9 Å². The molecule has 0 aliphatic heterocycles. The summed E-state index contributed by atoms with van der Waals surface area (Å²) >= 11 is 0. The molecule has 0 saturated heterocycles. The van der Waals surface area contributed by atoms with Crippen molar-refractivity contribution in [1.82, 2.24) is 9.97 Å². The quantitative estimate of drug-likeness (QED) is 0.908. The van der Waals surface area contributed by atoms with Crippen molar-refractivity contribution >= 4 is 5.82 Å². The Morgan fingerprint density at radius 2 is 2.10 bits per heavy atom. The van der Waals surface area contributed by atoms with E-state index < -0.39 is 5.82 Å². The summed E-state index contributed by atoms with van der Waals surface area (Å²) in [6, 6.07) is 6.37. The van der Waals surface area contributed by atoms with E-state index in [4.69, 9.17) is 15.2 Å². The zero-order chi connectivity index (χ0) is 14.5. The van der Waals surface area contributed by atoms with Gasteiger partial charge in [0.25, 0.3) is 0 Å². The second kappa shape index (κ2) is 6.29. The van der Waals surface area contributed by atoms with E-state index in [1.165, 1.54) is 13.2 Å². The first-order chi connectivity index (χ1) is 9.65. The number of nitrogens with zero attached hydrogens (tertiary/aromatic N) is 2. The Bertz CT molecular complexity index is 605. The van der Waals surface area contributed by atoms with Gasteiger partial charge in [-0.15, -0.1) is 0 Å². The molecular formula is C14H16FN3O2. The zero-order valence-corrected chi connectivity index (χ0v) is 11.4. The molecule has 0 bridgehead atoms. The normalized spacial score (nSPS) is 10.6. The average molecular weight is 277 g/mol. The smallest absolute Gasteiger partial charge is 0.174 e. The molecule has 1 aromatic carbocycles. The Balaban J connectivity index is 2.44. The van der Waals surface area contributed by atoms with E-state index in [0.29, 0.717) is 23.7 Å². The fourth-order valence-corrected chi connectivity index (χ4v) is 1.78. The first-order valence-electron chi connectivity index (χ1n) is 6.19. The van der Waals surface area contributed by atoms with Gasteiger partial charge in [-0.05, 0) is 19.1 Å². The van der Waals surface area contributed by atoms with Crippen molar-refractivity contribution in [2.45, 2.75) is 13.5 Å². The number of halogens is 1. The third-order valence-electron chi connectivity index (χ3n) is 2.69. The van der Waals surface area contributed by atoms with Gasteiger partial charge in [0.05, 0.1) is 12.8 Å². The third kappa shape index (κ3) is 3.03. The number of rotatable bonds is 5. The van der Waals surface area contributed by atoms with Gasteiger partial charge in [-0.1, -0.05) is 6.07 Å². The Morgan fingerprint density at radius 3 is 2.80 bits per heavy atom. The molecule has 0 amide bonds. The average Bonchev–Trinajstić information content (AvgIpc) is 2.44. The molecule has 1 aromatic heterocycles. The molecule has 0 aliphatic rings. The molecule has 0 aliphatic carbocycles. The number of nitrogens with two attached hydrogens (primary N) is 1. The summed E-state index contributed by atoms with van der Waals surface area (Å²) in [6.45, 7) is 2.65. The Kier molecular flexibility index (Phi) is 4.47. The standard InChI is InChI=1S/C14H16FN3O2/c1-3-20-8-13-17-10(7-12(16)18-13)9-5-4-6-11(19-2)14(9)15/h4-7H,3,8H2,1-2H3,(H2,16,17,18). The SMILES string of the molecule is CCOCc1nc(N)cc(-c2cccc(OC)c2F)n1. The van der Waals surface area contributed by atoms with Crippen LogP contribution in [0.4, 0.5) is 10.2 Å². The van der Waals surface area contributed by atoms with Gasteiger partial charge >= 0.3 is 0 Å². The van der Waals surface area contributed by atoms with E-state index in [0.717, 1.165) is 0 Å². The summed E-state index contributed by atoms with van der Waals surface area (Å²) in [7, 11) is 1.41. The van der Waals surface area contributed by atoms with E-state index in [2.05, 4.69) is 9.97 Å². The van der Waals surface area contributed by atoms with Crippen LogP contribution in [-0.4, -0.2) is 23.7 Å². The van der Waals surface area contributed by atoms with Gasteiger partial charge in [0, 0.05) is 18.2 Å². The molecule has 106 valence electrons. The molecule has 0 spiro atoms. The molecule has 0 radical (unpaired) electrons. The maximum atomic E-state index is 14.2. The lowest BCUT2D eigenvalue weighted by molar-refractivity contribution is 0.128. The van der Waals surface area contributed by atoms with Gasteiger partial charge in [0.2, 0.25) is 0 Å². The van der Waals surface area contributed by atoms with Crippen LogP contribution in [0.25, 0.3) is 11.3 Å². The van der Waals surface area contributed by atoms with Gasteiger partial charge in [-0.25, -0.2) is 14.4 Å². The molecule has 0 fully saturated rings. The maximum Gasteiger partial charge on any atom is 0.174 e. The van der Waals surface area contributed by atoms with Crippen LogP contribution in [0.3, 0.4) is 0 Å². The highest BCUT2D eigenvalue weighted by Crippen LogP contribution is 2.28. The van der Waals surface area contributed by atoms with Crippen molar-refractivity contribution in [3.05, 3.63) is 35.9 Å². The van der Waals surface area contributed by atoms with Gasteiger partial charge in [0.15, 0.2) is 17.4 Å². The zero-order valence-electron chi connectivity index (χ0n) is 11.4. The number of nitrogen functional groups attached to an aromatic ring is 1. The first kappa shape index (κ1) is 14.2. The van der Waals surface area contributed by atoms with Crippen LogP contribution in [0.15, 0.2) is 24.3 Å². The number of hydrogen-bond acceptors (Lipinski definition) is 5. The van der Waals surface area contributed by atoms with Crippen LogP contribution >= 0.6 is 0 Å². The van der Waals surface area contributed by atoms with Crippen LogP contribution in [-0.2, 0) is 11.3 Å². The van der Waals surface area contributed by atoms with E-state index in [9.17, 15) is 4.39 Å².